The normalized spacial score (nSPS) is 12.0. The number of hydrogen-bond donors (Lipinski definition) is 2. The molecule has 2 N–H and O–H groups in total. The summed E-state index contributed by atoms with van der Waals surface area (Å²) in [4.78, 5) is 45.1. The van der Waals surface area contributed by atoms with Crippen LogP contribution in [0.1, 0.15) is 21.7 Å². The van der Waals surface area contributed by atoms with Gasteiger partial charge in [-0.1, -0.05) is 6.07 Å². The second-order valence-electron chi connectivity index (χ2n) is 7.41. The fourth-order valence-electron chi connectivity index (χ4n) is 3.92. The molecule has 0 aliphatic rings. The van der Waals surface area contributed by atoms with Crippen LogP contribution in [0.2, 0.25) is 0 Å². The topological polar surface area (TPSA) is 110 Å². The average molecular weight is 486 g/mol. The third kappa shape index (κ3) is 3.39. The first-order chi connectivity index (χ1) is 16.2. The molecule has 0 saturated heterocycles. The second kappa shape index (κ2) is 7.70. The highest BCUT2D eigenvalue weighted by molar-refractivity contribution is 7.09. The summed E-state index contributed by atoms with van der Waals surface area (Å²) in [5, 5.41) is 13.0. The van der Waals surface area contributed by atoms with Crippen molar-refractivity contribution < 1.29 is 23.1 Å². The van der Waals surface area contributed by atoms with Crippen molar-refractivity contribution in [3.63, 3.8) is 0 Å². The van der Waals surface area contributed by atoms with Gasteiger partial charge >= 0.3 is 17.8 Å². The number of pyridine rings is 1. The first-order valence-electron chi connectivity index (χ1n) is 9.75. The van der Waals surface area contributed by atoms with Crippen LogP contribution in [0.4, 0.5) is 13.2 Å². The number of aromatic nitrogens is 4. The van der Waals surface area contributed by atoms with E-state index in [9.17, 15) is 32.7 Å². The molecule has 1 aromatic carbocycles. The van der Waals surface area contributed by atoms with E-state index in [2.05, 4.69) is 9.97 Å². The van der Waals surface area contributed by atoms with Crippen LogP contribution in [0.5, 0.6) is 0 Å². The molecule has 4 aromatic heterocycles. The maximum Gasteiger partial charge on any atom is 0.416 e. The summed E-state index contributed by atoms with van der Waals surface area (Å²) >= 11 is 1.14. The highest BCUT2D eigenvalue weighted by atomic mass is 32.1. The lowest BCUT2D eigenvalue weighted by Crippen LogP contribution is -2.34. The Kier molecular flexibility index (Phi) is 4.90. The summed E-state index contributed by atoms with van der Waals surface area (Å²) in [6.07, 6.45) is -3.24. The molecule has 4 heterocycles. The molecule has 0 fully saturated rings. The van der Waals surface area contributed by atoms with E-state index in [1.54, 1.807) is 18.2 Å². The minimum atomic E-state index is -4.73. The lowest BCUT2D eigenvalue weighted by atomic mass is 10.1. The minimum absolute atomic E-state index is 0.0998. The highest BCUT2D eigenvalue weighted by Gasteiger charge is 2.33. The zero-order chi connectivity index (χ0) is 24.2. The first kappa shape index (κ1) is 21.6. The van der Waals surface area contributed by atoms with E-state index in [1.807, 2.05) is 0 Å². The Morgan fingerprint density at radius 2 is 1.91 bits per heavy atom. The van der Waals surface area contributed by atoms with E-state index in [-0.39, 0.29) is 28.4 Å². The number of aromatic amines is 1. The van der Waals surface area contributed by atoms with Crippen LogP contribution in [-0.4, -0.2) is 30.2 Å². The van der Waals surface area contributed by atoms with Gasteiger partial charge in [0, 0.05) is 22.3 Å². The molecule has 5 aromatic rings. The standard InChI is InChI=1S/C22H13F3N4O4S/c23-22(24,25)11-4-5-16-13(7-11)17(29-19(30)14-9-34-10-15(14)27-21(29)33)18(20(31)32)28(16)8-12-3-1-2-6-26-12/h1-7,9-10H,8H2,(H,27,33)(H,31,32). The molecule has 12 heteroatoms. The van der Waals surface area contributed by atoms with Crippen LogP contribution in [0.3, 0.4) is 0 Å². The summed E-state index contributed by atoms with van der Waals surface area (Å²) in [7, 11) is 0. The van der Waals surface area contributed by atoms with Gasteiger partial charge in [0.15, 0.2) is 5.69 Å². The summed E-state index contributed by atoms with van der Waals surface area (Å²) in [5.74, 6) is -1.52. The maximum atomic E-state index is 13.5. The Morgan fingerprint density at radius 1 is 1.12 bits per heavy atom. The molecule has 8 nitrogen and oxygen atoms in total. The number of benzene rings is 1. The van der Waals surface area contributed by atoms with E-state index in [4.69, 9.17) is 0 Å². The number of nitrogens with one attached hydrogen (secondary N) is 1. The number of hydrogen-bond acceptors (Lipinski definition) is 5. The number of alkyl halides is 3. The van der Waals surface area contributed by atoms with Gasteiger partial charge in [0.25, 0.3) is 5.56 Å². The van der Waals surface area contributed by atoms with Gasteiger partial charge in [-0.15, -0.1) is 11.3 Å². The fraction of sp³-hybridized carbons (Fsp3) is 0.0909. The van der Waals surface area contributed by atoms with Crippen molar-refractivity contribution in [3.8, 4) is 5.69 Å². The molecule has 5 rings (SSSR count). The highest BCUT2D eigenvalue weighted by Crippen LogP contribution is 2.36. The Balaban J connectivity index is 1.94. The van der Waals surface area contributed by atoms with Crippen LogP contribution < -0.4 is 11.2 Å². The number of fused-ring (bicyclic) bond motifs is 2. The Labute approximate surface area is 191 Å². The summed E-state index contributed by atoms with van der Waals surface area (Å²) in [5.41, 5.74) is -3.02. The van der Waals surface area contributed by atoms with Gasteiger partial charge in [0.2, 0.25) is 0 Å². The molecule has 0 amide bonds. The molecule has 0 aliphatic carbocycles. The third-order valence-corrected chi connectivity index (χ3v) is 6.12. The quantitative estimate of drug-likeness (QED) is 0.401. The number of halogens is 3. The molecule has 0 unspecified atom stereocenters. The number of nitrogens with zero attached hydrogens (tertiary/aromatic N) is 3. The van der Waals surface area contributed by atoms with Crippen molar-refractivity contribution in [3.05, 3.63) is 91.1 Å². The third-order valence-electron chi connectivity index (χ3n) is 5.38. The lowest BCUT2D eigenvalue weighted by molar-refractivity contribution is -0.137. The summed E-state index contributed by atoms with van der Waals surface area (Å²) in [6, 6.07) is 7.65. The smallest absolute Gasteiger partial charge is 0.416 e. The number of carboxylic acids is 1. The molecule has 172 valence electrons. The second-order valence-corrected chi connectivity index (χ2v) is 8.15. The largest absolute Gasteiger partial charge is 0.477 e. The number of thiophene rings is 1. The van der Waals surface area contributed by atoms with Gasteiger partial charge in [-0.2, -0.15) is 13.2 Å². The van der Waals surface area contributed by atoms with E-state index >= 15 is 0 Å². The van der Waals surface area contributed by atoms with Gasteiger partial charge in [-0.25, -0.2) is 14.2 Å². The van der Waals surface area contributed by atoms with Crippen molar-refractivity contribution in [2.24, 2.45) is 0 Å². The maximum absolute atomic E-state index is 13.5. The van der Waals surface area contributed by atoms with Crippen LogP contribution in [-0.2, 0) is 12.7 Å². The predicted molar refractivity (Wildman–Crippen MR) is 119 cm³/mol. The SMILES string of the molecule is O=C(O)c1c(-n2c(=O)[nH]c3cscc3c2=O)c2cc(C(F)(F)F)ccc2n1Cc1ccccn1. The van der Waals surface area contributed by atoms with Gasteiger partial charge < -0.3 is 14.7 Å². The molecular formula is C22H13F3N4O4S. The van der Waals surface area contributed by atoms with Crippen LogP contribution in [0.25, 0.3) is 27.5 Å². The minimum Gasteiger partial charge on any atom is -0.477 e. The van der Waals surface area contributed by atoms with Gasteiger partial charge in [-0.05, 0) is 30.3 Å². The number of carboxylic acid groups (broad SMARTS) is 1. The number of H-pyrrole nitrogens is 1. The summed E-state index contributed by atoms with van der Waals surface area (Å²) in [6.45, 7) is -0.113. The van der Waals surface area contributed by atoms with E-state index < -0.39 is 40.3 Å². The van der Waals surface area contributed by atoms with E-state index in [0.717, 1.165) is 29.5 Å². The zero-order valence-corrected chi connectivity index (χ0v) is 17.8. The monoisotopic (exact) mass is 486 g/mol. The Morgan fingerprint density at radius 3 is 2.59 bits per heavy atom. The van der Waals surface area contributed by atoms with Crippen molar-refractivity contribution in [1.29, 1.82) is 0 Å². The number of aromatic carboxylic acids is 1. The van der Waals surface area contributed by atoms with E-state index in [1.165, 1.54) is 21.5 Å². The van der Waals surface area contributed by atoms with Gasteiger partial charge in [-0.3, -0.25) is 9.78 Å². The van der Waals surface area contributed by atoms with Crippen LogP contribution in [0, 0.1) is 0 Å². The fourth-order valence-corrected chi connectivity index (χ4v) is 4.67. The number of carbonyl (C=O) groups is 1. The number of rotatable bonds is 4. The molecule has 0 radical (unpaired) electrons. The predicted octanol–water partition coefficient (Wildman–Crippen LogP) is 3.86. The van der Waals surface area contributed by atoms with Crippen molar-refractivity contribution >= 4 is 39.1 Å². The van der Waals surface area contributed by atoms with Crippen molar-refractivity contribution in [1.82, 2.24) is 19.1 Å². The van der Waals surface area contributed by atoms with Gasteiger partial charge in [0.05, 0.1) is 39.9 Å². The lowest BCUT2D eigenvalue weighted by Gasteiger charge is -2.09. The molecular weight excluding hydrogens is 473 g/mol. The average Bonchev–Trinajstić information content (AvgIpc) is 3.37. The van der Waals surface area contributed by atoms with Gasteiger partial charge in [0.1, 0.15) is 0 Å². The summed E-state index contributed by atoms with van der Waals surface area (Å²) < 4.78 is 42.4. The molecule has 0 atom stereocenters. The van der Waals surface area contributed by atoms with E-state index in [0.29, 0.717) is 10.3 Å². The zero-order valence-electron chi connectivity index (χ0n) is 17.0. The van der Waals surface area contributed by atoms with Crippen molar-refractivity contribution in [2.45, 2.75) is 12.7 Å². The Bertz CT molecular complexity index is 1700. The van der Waals surface area contributed by atoms with Crippen LogP contribution >= 0.6 is 11.3 Å². The van der Waals surface area contributed by atoms with Crippen molar-refractivity contribution in [2.75, 3.05) is 0 Å². The van der Waals surface area contributed by atoms with Crippen LogP contribution in [0.15, 0.2) is 62.9 Å². The molecule has 0 spiro atoms. The Hall–Kier alpha value is -4.19. The molecule has 0 bridgehead atoms. The first-order valence-corrected chi connectivity index (χ1v) is 10.7. The molecule has 34 heavy (non-hydrogen) atoms. The molecule has 0 aliphatic heterocycles. The molecule has 0 saturated carbocycles.